The van der Waals surface area contributed by atoms with E-state index in [9.17, 15) is 18.0 Å². The number of nitrogens with one attached hydrogen (secondary N) is 1. The van der Waals surface area contributed by atoms with Crippen LogP contribution in [0.25, 0.3) is 0 Å². The highest BCUT2D eigenvalue weighted by Gasteiger charge is 2.32. The highest BCUT2D eigenvalue weighted by Crippen LogP contribution is 2.25. The smallest absolute Gasteiger partial charge is 0.337 e. The largest absolute Gasteiger partial charge is 0.465 e. The third-order valence-electron chi connectivity index (χ3n) is 5.78. The molecule has 1 fully saturated rings. The van der Waals surface area contributed by atoms with Crippen LogP contribution in [0, 0.1) is 19.8 Å². The summed E-state index contributed by atoms with van der Waals surface area (Å²) in [6, 6.07) is 12.0. The van der Waals surface area contributed by atoms with Gasteiger partial charge in [0.15, 0.2) is 0 Å². The van der Waals surface area contributed by atoms with Crippen molar-refractivity contribution in [1.29, 1.82) is 0 Å². The second-order valence-electron chi connectivity index (χ2n) is 7.83. The second-order valence-corrected chi connectivity index (χ2v) is 9.77. The van der Waals surface area contributed by atoms with Crippen molar-refractivity contribution < 1.29 is 22.7 Å². The van der Waals surface area contributed by atoms with Gasteiger partial charge in [-0.3, -0.25) is 4.79 Å². The summed E-state index contributed by atoms with van der Waals surface area (Å²) in [6.07, 6.45) is 0.967. The Labute approximate surface area is 183 Å². The first-order valence-electron chi connectivity index (χ1n) is 10.2. The Hall–Kier alpha value is -2.71. The predicted octanol–water partition coefficient (Wildman–Crippen LogP) is 2.81. The van der Waals surface area contributed by atoms with E-state index in [1.165, 1.54) is 11.4 Å². The van der Waals surface area contributed by atoms with Crippen LogP contribution in [-0.4, -0.2) is 44.8 Å². The second kappa shape index (κ2) is 9.62. The SMILES string of the molecule is COC(=O)c1ccc(CNC(=O)C2CCN(S(=O)(=O)c3ccc(C)c(C)c3)CC2)cc1. The number of rotatable bonds is 6. The van der Waals surface area contributed by atoms with Crippen LogP contribution in [0.5, 0.6) is 0 Å². The summed E-state index contributed by atoms with van der Waals surface area (Å²) in [5, 5.41) is 2.91. The van der Waals surface area contributed by atoms with Crippen LogP contribution in [-0.2, 0) is 26.1 Å². The van der Waals surface area contributed by atoms with E-state index in [2.05, 4.69) is 10.1 Å². The van der Waals surface area contributed by atoms with Gasteiger partial charge in [-0.2, -0.15) is 4.31 Å². The molecule has 1 heterocycles. The van der Waals surface area contributed by atoms with Crippen molar-refractivity contribution in [2.75, 3.05) is 20.2 Å². The van der Waals surface area contributed by atoms with Gasteiger partial charge in [-0.25, -0.2) is 13.2 Å². The summed E-state index contributed by atoms with van der Waals surface area (Å²) in [5.41, 5.74) is 3.31. The predicted molar refractivity (Wildman–Crippen MR) is 117 cm³/mol. The fourth-order valence-electron chi connectivity index (χ4n) is 3.59. The molecule has 0 radical (unpaired) electrons. The van der Waals surface area contributed by atoms with E-state index in [-0.39, 0.29) is 11.8 Å². The molecule has 0 aromatic heterocycles. The van der Waals surface area contributed by atoms with Crippen molar-refractivity contribution in [2.45, 2.75) is 38.1 Å². The monoisotopic (exact) mass is 444 g/mol. The normalized spacial score (nSPS) is 15.5. The topological polar surface area (TPSA) is 92.8 Å². The lowest BCUT2D eigenvalue weighted by Gasteiger charge is -2.30. The number of methoxy groups -OCH3 is 1. The molecule has 0 aliphatic carbocycles. The molecule has 8 heteroatoms. The molecule has 31 heavy (non-hydrogen) atoms. The van der Waals surface area contributed by atoms with Crippen LogP contribution in [0.4, 0.5) is 0 Å². The van der Waals surface area contributed by atoms with Crippen LogP contribution in [0.2, 0.25) is 0 Å². The summed E-state index contributed by atoms with van der Waals surface area (Å²) in [7, 11) is -2.23. The van der Waals surface area contributed by atoms with Gasteiger partial charge in [0, 0.05) is 25.6 Å². The number of benzene rings is 2. The zero-order valence-electron chi connectivity index (χ0n) is 18.1. The van der Waals surface area contributed by atoms with Crippen molar-refractivity contribution >= 4 is 21.9 Å². The van der Waals surface area contributed by atoms with Gasteiger partial charge in [-0.15, -0.1) is 0 Å². The molecule has 0 atom stereocenters. The summed E-state index contributed by atoms with van der Waals surface area (Å²) in [5.74, 6) is -0.709. The van der Waals surface area contributed by atoms with Gasteiger partial charge in [0.2, 0.25) is 15.9 Å². The van der Waals surface area contributed by atoms with Crippen LogP contribution in [0.1, 0.15) is 39.9 Å². The molecule has 1 amide bonds. The summed E-state index contributed by atoms with van der Waals surface area (Å²) in [6.45, 7) is 4.83. The van der Waals surface area contributed by atoms with Gasteiger partial charge in [0.1, 0.15) is 0 Å². The van der Waals surface area contributed by atoms with Gasteiger partial charge in [-0.05, 0) is 67.6 Å². The van der Waals surface area contributed by atoms with E-state index in [0.717, 1.165) is 16.7 Å². The first-order valence-corrected chi connectivity index (χ1v) is 11.7. The van der Waals surface area contributed by atoms with Gasteiger partial charge >= 0.3 is 5.97 Å². The lowest BCUT2D eigenvalue weighted by atomic mass is 9.97. The van der Waals surface area contributed by atoms with Crippen molar-refractivity contribution in [3.63, 3.8) is 0 Å². The molecule has 7 nitrogen and oxygen atoms in total. The molecule has 0 spiro atoms. The maximum absolute atomic E-state index is 12.9. The van der Waals surface area contributed by atoms with Crippen LogP contribution < -0.4 is 5.32 Å². The van der Waals surface area contributed by atoms with Crippen molar-refractivity contribution in [3.8, 4) is 0 Å². The molecule has 1 aliphatic rings. The van der Waals surface area contributed by atoms with E-state index in [1.54, 1.807) is 36.4 Å². The standard InChI is InChI=1S/C23H28N2O5S/c1-16-4-9-21(14-17(16)2)31(28,29)25-12-10-19(11-13-25)22(26)24-15-18-5-7-20(8-6-18)23(27)30-3/h4-9,14,19H,10-13,15H2,1-3H3,(H,24,26). The molecule has 0 unspecified atom stereocenters. The van der Waals surface area contributed by atoms with Crippen LogP contribution >= 0.6 is 0 Å². The quantitative estimate of drug-likeness (QED) is 0.692. The number of hydrogen-bond acceptors (Lipinski definition) is 5. The number of nitrogens with zero attached hydrogens (tertiary/aromatic N) is 1. The lowest BCUT2D eigenvalue weighted by Crippen LogP contribution is -2.42. The highest BCUT2D eigenvalue weighted by atomic mass is 32.2. The first-order chi connectivity index (χ1) is 14.7. The number of carbonyl (C=O) groups is 2. The minimum absolute atomic E-state index is 0.0831. The molecular formula is C23H28N2O5S. The van der Waals surface area contributed by atoms with Crippen molar-refractivity contribution in [1.82, 2.24) is 9.62 Å². The molecule has 1 N–H and O–H groups in total. The van der Waals surface area contributed by atoms with Gasteiger partial charge in [0.25, 0.3) is 0 Å². The zero-order chi connectivity index (χ0) is 22.6. The molecule has 0 saturated carbocycles. The number of carbonyl (C=O) groups excluding carboxylic acids is 2. The number of piperidine rings is 1. The van der Waals surface area contributed by atoms with Crippen molar-refractivity contribution in [2.24, 2.45) is 5.92 Å². The average molecular weight is 445 g/mol. The van der Waals surface area contributed by atoms with Gasteiger partial charge in [0.05, 0.1) is 17.6 Å². The number of aryl methyl sites for hydroxylation is 2. The number of hydrogen-bond donors (Lipinski definition) is 1. The molecule has 1 aliphatic heterocycles. The fraction of sp³-hybridized carbons (Fsp3) is 0.391. The van der Waals surface area contributed by atoms with Crippen molar-refractivity contribution in [3.05, 3.63) is 64.7 Å². The van der Waals surface area contributed by atoms with E-state index >= 15 is 0 Å². The van der Waals surface area contributed by atoms with E-state index in [0.29, 0.717) is 42.9 Å². The Morgan fingerprint density at radius 3 is 2.26 bits per heavy atom. The summed E-state index contributed by atoms with van der Waals surface area (Å²) >= 11 is 0. The molecule has 2 aromatic carbocycles. The Balaban J connectivity index is 1.53. The van der Waals surface area contributed by atoms with Crippen LogP contribution in [0.15, 0.2) is 47.4 Å². The Kier molecular flexibility index (Phi) is 7.12. The Morgan fingerprint density at radius 2 is 1.68 bits per heavy atom. The number of sulfonamides is 1. The van der Waals surface area contributed by atoms with E-state index in [1.807, 2.05) is 19.9 Å². The third-order valence-corrected chi connectivity index (χ3v) is 7.68. The summed E-state index contributed by atoms with van der Waals surface area (Å²) in [4.78, 5) is 24.3. The van der Waals surface area contributed by atoms with E-state index in [4.69, 9.17) is 0 Å². The molecule has 2 aromatic rings. The Bertz CT molecular complexity index is 1060. The van der Waals surface area contributed by atoms with E-state index < -0.39 is 16.0 Å². The maximum Gasteiger partial charge on any atom is 0.337 e. The summed E-state index contributed by atoms with van der Waals surface area (Å²) < 4.78 is 32.0. The average Bonchev–Trinajstić information content (AvgIpc) is 2.79. The molecular weight excluding hydrogens is 416 g/mol. The fourth-order valence-corrected chi connectivity index (χ4v) is 5.15. The molecule has 1 saturated heterocycles. The minimum atomic E-state index is -3.56. The van der Waals surface area contributed by atoms with Crippen LogP contribution in [0.3, 0.4) is 0 Å². The number of esters is 1. The van der Waals surface area contributed by atoms with Gasteiger partial charge < -0.3 is 10.1 Å². The lowest BCUT2D eigenvalue weighted by molar-refractivity contribution is -0.126. The highest BCUT2D eigenvalue weighted by molar-refractivity contribution is 7.89. The third kappa shape index (κ3) is 5.32. The molecule has 3 rings (SSSR count). The first kappa shape index (κ1) is 23.0. The Morgan fingerprint density at radius 1 is 1.03 bits per heavy atom. The zero-order valence-corrected chi connectivity index (χ0v) is 18.9. The van der Waals surface area contributed by atoms with Gasteiger partial charge in [-0.1, -0.05) is 18.2 Å². The number of ether oxygens (including phenoxy) is 1. The maximum atomic E-state index is 12.9. The molecule has 166 valence electrons. The minimum Gasteiger partial charge on any atom is -0.465 e. The number of amides is 1. The molecule has 0 bridgehead atoms.